The first-order chi connectivity index (χ1) is 9.54. The van der Waals surface area contributed by atoms with Crippen molar-refractivity contribution in [2.24, 2.45) is 0 Å². The summed E-state index contributed by atoms with van der Waals surface area (Å²) in [5.74, 6) is 0. The summed E-state index contributed by atoms with van der Waals surface area (Å²) in [7, 11) is -3.42. The molecule has 0 spiro atoms. The monoisotopic (exact) mass is 361 g/mol. The van der Waals surface area contributed by atoms with E-state index in [1.165, 1.54) is 0 Å². The highest BCUT2D eigenvalue weighted by Gasteiger charge is 2.32. The summed E-state index contributed by atoms with van der Waals surface area (Å²) in [4.78, 5) is 0. The van der Waals surface area contributed by atoms with Crippen molar-refractivity contribution < 1.29 is 8.42 Å². The predicted octanol–water partition coefficient (Wildman–Crippen LogP) is 1.64. The summed E-state index contributed by atoms with van der Waals surface area (Å²) in [6.07, 6.45) is 0.786. The van der Waals surface area contributed by atoms with Crippen LogP contribution in [0.5, 0.6) is 0 Å². The normalized spacial score (nSPS) is 21.0. The van der Waals surface area contributed by atoms with E-state index in [0.29, 0.717) is 26.2 Å². The number of halogens is 1. The molecule has 1 aliphatic heterocycles. The van der Waals surface area contributed by atoms with Gasteiger partial charge in [-0.1, -0.05) is 35.0 Å². The van der Waals surface area contributed by atoms with Gasteiger partial charge in [0.2, 0.25) is 0 Å². The number of hydrogen-bond donors (Lipinski definition) is 2. The molecule has 1 aromatic rings. The lowest BCUT2D eigenvalue weighted by Gasteiger charge is -2.35. The number of nitrogens with one attached hydrogen (secondary N) is 2. The second-order valence-corrected chi connectivity index (χ2v) is 7.41. The summed E-state index contributed by atoms with van der Waals surface area (Å²) in [6, 6.07) is 7.64. The molecule has 1 unspecified atom stereocenters. The maximum absolute atomic E-state index is 12.4. The zero-order valence-electron chi connectivity index (χ0n) is 11.5. The molecule has 1 fully saturated rings. The molecular weight excluding hydrogens is 342 g/mol. The highest BCUT2D eigenvalue weighted by molar-refractivity contribution is 9.10. The lowest BCUT2D eigenvalue weighted by atomic mass is 10.1. The Morgan fingerprint density at radius 1 is 1.40 bits per heavy atom. The van der Waals surface area contributed by atoms with Crippen LogP contribution in [0.3, 0.4) is 0 Å². The van der Waals surface area contributed by atoms with E-state index in [1.807, 2.05) is 31.2 Å². The molecule has 1 saturated heterocycles. The van der Waals surface area contributed by atoms with E-state index in [9.17, 15) is 8.42 Å². The smallest absolute Gasteiger partial charge is 0.280 e. The van der Waals surface area contributed by atoms with Crippen molar-refractivity contribution >= 4 is 26.1 Å². The minimum atomic E-state index is -3.42. The van der Waals surface area contributed by atoms with Crippen molar-refractivity contribution in [3.63, 3.8) is 0 Å². The molecule has 0 bridgehead atoms. The Bertz CT molecular complexity index is 533. The van der Waals surface area contributed by atoms with Gasteiger partial charge in [-0.2, -0.15) is 12.7 Å². The van der Waals surface area contributed by atoms with Crippen molar-refractivity contribution in [2.75, 3.05) is 26.2 Å². The standard InChI is InChI=1S/C13H20BrN3O2S/c1-2-7-16-20(18,19)17-9-8-15-10-13(17)11-3-5-12(14)6-4-11/h3-6,13,15-16H,2,7-10H2,1H3. The first-order valence-electron chi connectivity index (χ1n) is 6.77. The third kappa shape index (κ3) is 3.79. The second kappa shape index (κ2) is 7.00. The van der Waals surface area contributed by atoms with Crippen molar-refractivity contribution in [1.29, 1.82) is 0 Å². The van der Waals surface area contributed by atoms with Crippen LogP contribution in [0.1, 0.15) is 24.9 Å². The topological polar surface area (TPSA) is 61.4 Å². The van der Waals surface area contributed by atoms with Crippen LogP contribution in [0.4, 0.5) is 0 Å². The molecule has 1 heterocycles. The number of piperazine rings is 1. The Morgan fingerprint density at radius 2 is 2.10 bits per heavy atom. The van der Waals surface area contributed by atoms with E-state index < -0.39 is 10.2 Å². The van der Waals surface area contributed by atoms with E-state index in [1.54, 1.807) is 4.31 Å². The van der Waals surface area contributed by atoms with Crippen molar-refractivity contribution in [3.05, 3.63) is 34.3 Å². The molecular formula is C13H20BrN3O2S. The van der Waals surface area contributed by atoms with Gasteiger partial charge in [-0.25, -0.2) is 4.72 Å². The Morgan fingerprint density at radius 3 is 2.75 bits per heavy atom. The fraction of sp³-hybridized carbons (Fsp3) is 0.538. The van der Waals surface area contributed by atoms with E-state index in [4.69, 9.17) is 0 Å². The highest BCUT2D eigenvalue weighted by atomic mass is 79.9. The third-order valence-electron chi connectivity index (χ3n) is 3.29. The van der Waals surface area contributed by atoms with Crippen LogP contribution < -0.4 is 10.0 Å². The minimum Gasteiger partial charge on any atom is -0.313 e. The van der Waals surface area contributed by atoms with Crippen LogP contribution in [0, 0.1) is 0 Å². The van der Waals surface area contributed by atoms with Crippen LogP contribution in [0.15, 0.2) is 28.7 Å². The average molecular weight is 362 g/mol. The van der Waals surface area contributed by atoms with Crippen LogP contribution in [-0.4, -0.2) is 38.9 Å². The molecule has 7 heteroatoms. The Balaban J connectivity index is 2.23. The summed E-state index contributed by atoms with van der Waals surface area (Å²) in [5, 5.41) is 3.26. The molecule has 5 nitrogen and oxygen atoms in total. The average Bonchev–Trinajstić information content (AvgIpc) is 2.46. The predicted molar refractivity (Wildman–Crippen MR) is 83.7 cm³/mol. The molecule has 0 saturated carbocycles. The van der Waals surface area contributed by atoms with Gasteiger partial charge in [0.15, 0.2) is 0 Å². The Hall–Kier alpha value is -0.470. The number of nitrogens with zero attached hydrogens (tertiary/aromatic N) is 1. The molecule has 0 aliphatic carbocycles. The maximum Gasteiger partial charge on any atom is 0.280 e. The minimum absolute atomic E-state index is 0.161. The zero-order chi connectivity index (χ0) is 14.6. The Kier molecular flexibility index (Phi) is 5.57. The third-order valence-corrected chi connectivity index (χ3v) is 5.44. The van der Waals surface area contributed by atoms with Crippen molar-refractivity contribution in [2.45, 2.75) is 19.4 Å². The summed E-state index contributed by atoms with van der Waals surface area (Å²) < 4.78 is 29.9. The molecule has 0 radical (unpaired) electrons. The van der Waals surface area contributed by atoms with Gasteiger partial charge in [-0.05, 0) is 24.1 Å². The van der Waals surface area contributed by atoms with Crippen molar-refractivity contribution in [3.8, 4) is 0 Å². The van der Waals surface area contributed by atoms with E-state index in [0.717, 1.165) is 16.5 Å². The van der Waals surface area contributed by atoms with Gasteiger partial charge < -0.3 is 5.32 Å². The molecule has 112 valence electrons. The highest BCUT2D eigenvalue weighted by Crippen LogP contribution is 2.25. The van der Waals surface area contributed by atoms with E-state index in [-0.39, 0.29) is 6.04 Å². The molecule has 20 heavy (non-hydrogen) atoms. The zero-order valence-corrected chi connectivity index (χ0v) is 13.9. The number of benzene rings is 1. The van der Waals surface area contributed by atoms with Gasteiger partial charge >= 0.3 is 0 Å². The van der Waals surface area contributed by atoms with Gasteiger partial charge in [0, 0.05) is 30.7 Å². The molecule has 0 aromatic heterocycles. The van der Waals surface area contributed by atoms with Crippen LogP contribution >= 0.6 is 15.9 Å². The first kappa shape index (κ1) is 15.9. The van der Waals surface area contributed by atoms with E-state index >= 15 is 0 Å². The molecule has 2 N–H and O–H groups in total. The molecule has 1 aromatic carbocycles. The quantitative estimate of drug-likeness (QED) is 0.837. The second-order valence-electron chi connectivity index (χ2n) is 4.78. The van der Waals surface area contributed by atoms with E-state index in [2.05, 4.69) is 26.0 Å². The van der Waals surface area contributed by atoms with Crippen LogP contribution in [-0.2, 0) is 10.2 Å². The SMILES string of the molecule is CCCNS(=O)(=O)N1CCNCC1c1ccc(Br)cc1. The van der Waals surface area contributed by atoms with Crippen LogP contribution in [0.25, 0.3) is 0 Å². The fourth-order valence-electron chi connectivity index (χ4n) is 2.26. The van der Waals surface area contributed by atoms with Gasteiger partial charge in [0.25, 0.3) is 10.2 Å². The van der Waals surface area contributed by atoms with Gasteiger partial charge in [0.05, 0.1) is 6.04 Å². The molecule has 2 rings (SSSR count). The molecule has 1 aliphatic rings. The lowest BCUT2D eigenvalue weighted by molar-refractivity contribution is 0.268. The first-order valence-corrected chi connectivity index (χ1v) is 9.00. The largest absolute Gasteiger partial charge is 0.313 e. The summed E-state index contributed by atoms with van der Waals surface area (Å²) in [5.41, 5.74) is 1.00. The van der Waals surface area contributed by atoms with Crippen molar-refractivity contribution in [1.82, 2.24) is 14.3 Å². The van der Waals surface area contributed by atoms with Gasteiger partial charge in [0.1, 0.15) is 0 Å². The summed E-state index contributed by atoms with van der Waals surface area (Å²) >= 11 is 3.40. The fourth-order valence-corrected chi connectivity index (χ4v) is 4.01. The lowest BCUT2D eigenvalue weighted by Crippen LogP contribution is -2.52. The van der Waals surface area contributed by atoms with Gasteiger partial charge in [-0.15, -0.1) is 0 Å². The Labute approximate surface area is 129 Å². The molecule has 1 atom stereocenters. The number of rotatable bonds is 5. The summed E-state index contributed by atoms with van der Waals surface area (Å²) in [6.45, 7) is 4.22. The maximum atomic E-state index is 12.4. The molecule has 0 amide bonds. The van der Waals surface area contributed by atoms with Gasteiger partial charge in [-0.3, -0.25) is 0 Å². The van der Waals surface area contributed by atoms with Crippen LogP contribution in [0.2, 0.25) is 0 Å². The number of hydrogen-bond acceptors (Lipinski definition) is 3.